The van der Waals surface area contributed by atoms with Crippen molar-refractivity contribution in [2.24, 2.45) is 5.73 Å². The van der Waals surface area contributed by atoms with Crippen molar-refractivity contribution < 1.29 is 9.53 Å². The van der Waals surface area contributed by atoms with Gasteiger partial charge >= 0.3 is 0 Å². The van der Waals surface area contributed by atoms with E-state index in [1.54, 1.807) is 23.2 Å². The number of hydrogen-bond donors (Lipinski definition) is 1. The van der Waals surface area contributed by atoms with Crippen molar-refractivity contribution in [3.8, 4) is 0 Å². The van der Waals surface area contributed by atoms with Crippen molar-refractivity contribution in [1.82, 2.24) is 9.88 Å². The maximum Gasteiger partial charge on any atom is 0.254 e. The van der Waals surface area contributed by atoms with Gasteiger partial charge in [-0.25, -0.2) is 0 Å². The highest BCUT2D eigenvalue weighted by molar-refractivity contribution is 5.94. The predicted octanol–water partition coefficient (Wildman–Crippen LogP) is 1.04. The molecule has 0 saturated heterocycles. The van der Waals surface area contributed by atoms with Crippen LogP contribution in [-0.2, 0) is 11.3 Å². The third-order valence-electron chi connectivity index (χ3n) is 2.65. The number of carbonyl (C=O) groups is 1. The van der Waals surface area contributed by atoms with Gasteiger partial charge in [0.05, 0.1) is 12.3 Å². The number of nitrogens with zero attached hydrogens (tertiary/aromatic N) is 2. The van der Waals surface area contributed by atoms with Crippen molar-refractivity contribution in [2.45, 2.75) is 20.4 Å². The first-order valence-electron chi connectivity index (χ1n) is 6.24. The number of pyridine rings is 1. The molecule has 0 saturated carbocycles. The number of ether oxygens (including phenoxy) is 1. The molecule has 0 aromatic carbocycles. The van der Waals surface area contributed by atoms with Crippen LogP contribution in [0, 0.1) is 0 Å². The number of hydrogen-bond acceptors (Lipinski definition) is 4. The number of rotatable bonds is 7. The van der Waals surface area contributed by atoms with Gasteiger partial charge in [0.25, 0.3) is 5.91 Å². The molecule has 0 bridgehead atoms. The lowest BCUT2D eigenvalue weighted by Crippen LogP contribution is -2.34. The van der Waals surface area contributed by atoms with Gasteiger partial charge in [0.1, 0.15) is 0 Å². The molecule has 1 amide bonds. The van der Waals surface area contributed by atoms with Gasteiger partial charge in [0.2, 0.25) is 0 Å². The third kappa shape index (κ3) is 4.09. The molecule has 1 aromatic rings. The van der Waals surface area contributed by atoms with E-state index < -0.39 is 0 Å². The zero-order chi connectivity index (χ0) is 13.4. The fraction of sp³-hybridized carbons (Fsp3) is 0.538. The Morgan fingerprint density at radius 2 is 2.28 bits per heavy atom. The molecule has 18 heavy (non-hydrogen) atoms. The molecule has 1 aromatic heterocycles. The van der Waals surface area contributed by atoms with Crippen molar-refractivity contribution >= 4 is 5.91 Å². The Hall–Kier alpha value is -1.46. The van der Waals surface area contributed by atoms with Crippen LogP contribution in [0.1, 0.15) is 29.9 Å². The largest absolute Gasteiger partial charge is 0.380 e. The molecule has 2 N–H and O–H groups in total. The normalized spacial score (nSPS) is 10.4. The molecule has 0 aliphatic rings. The lowest BCUT2D eigenvalue weighted by Gasteiger charge is -2.20. The molecule has 100 valence electrons. The molecular weight excluding hydrogens is 230 g/mol. The molecule has 1 rings (SSSR count). The molecule has 0 fully saturated rings. The fourth-order valence-corrected chi connectivity index (χ4v) is 1.63. The average molecular weight is 251 g/mol. The summed E-state index contributed by atoms with van der Waals surface area (Å²) in [7, 11) is 0. The second-order valence-electron chi connectivity index (χ2n) is 3.82. The van der Waals surface area contributed by atoms with E-state index in [0.717, 1.165) is 5.69 Å². The van der Waals surface area contributed by atoms with Gasteiger partial charge in [0.15, 0.2) is 0 Å². The maximum atomic E-state index is 12.2. The summed E-state index contributed by atoms with van der Waals surface area (Å²) in [5, 5.41) is 0. The summed E-state index contributed by atoms with van der Waals surface area (Å²) in [5.74, 6) is -0.00527. The number of likely N-dealkylation sites (N-methyl/N-ethyl adjacent to an activating group) is 1. The van der Waals surface area contributed by atoms with E-state index in [2.05, 4.69) is 4.98 Å². The van der Waals surface area contributed by atoms with Crippen LogP contribution in [0.25, 0.3) is 0 Å². The molecule has 5 heteroatoms. The summed E-state index contributed by atoms with van der Waals surface area (Å²) in [5.41, 5.74) is 6.87. The second-order valence-corrected chi connectivity index (χ2v) is 3.82. The van der Waals surface area contributed by atoms with Crippen molar-refractivity contribution in [1.29, 1.82) is 0 Å². The Bertz CT molecular complexity index is 382. The van der Waals surface area contributed by atoms with Crippen LogP contribution >= 0.6 is 0 Å². The summed E-state index contributed by atoms with van der Waals surface area (Å²) in [4.78, 5) is 18.1. The van der Waals surface area contributed by atoms with Crippen molar-refractivity contribution in [3.05, 3.63) is 29.6 Å². The summed E-state index contributed by atoms with van der Waals surface area (Å²) in [6, 6.07) is 3.45. The number of aromatic nitrogens is 1. The summed E-state index contributed by atoms with van der Waals surface area (Å²) < 4.78 is 5.27. The quantitative estimate of drug-likeness (QED) is 0.735. The van der Waals surface area contributed by atoms with Crippen LogP contribution in [-0.4, -0.2) is 42.1 Å². The van der Waals surface area contributed by atoms with Gasteiger partial charge in [-0.3, -0.25) is 9.78 Å². The lowest BCUT2D eigenvalue weighted by atomic mass is 10.2. The minimum absolute atomic E-state index is 0.00527. The smallest absolute Gasteiger partial charge is 0.254 e. The van der Waals surface area contributed by atoms with E-state index in [9.17, 15) is 4.79 Å². The van der Waals surface area contributed by atoms with E-state index in [1.165, 1.54) is 0 Å². The first-order chi connectivity index (χ1) is 8.72. The Labute approximate surface area is 108 Å². The van der Waals surface area contributed by atoms with Crippen LogP contribution in [0.15, 0.2) is 18.3 Å². The van der Waals surface area contributed by atoms with Gasteiger partial charge in [-0.15, -0.1) is 0 Å². The van der Waals surface area contributed by atoms with E-state index in [1.807, 2.05) is 13.8 Å². The van der Waals surface area contributed by atoms with Crippen LogP contribution in [0.4, 0.5) is 0 Å². The highest BCUT2D eigenvalue weighted by Gasteiger charge is 2.14. The predicted molar refractivity (Wildman–Crippen MR) is 70.2 cm³/mol. The summed E-state index contributed by atoms with van der Waals surface area (Å²) >= 11 is 0. The van der Waals surface area contributed by atoms with Gasteiger partial charge < -0.3 is 15.4 Å². The standard InChI is InChI=1S/C13H21N3O2/c1-3-16(7-8-18-4-2)13(17)11-5-6-15-12(9-11)10-14/h5-6,9H,3-4,7-8,10,14H2,1-2H3. The van der Waals surface area contributed by atoms with Gasteiger partial charge in [-0.2, -0.15) is 0 Å². The zero-order valence-corrected chi connectivity index (χ0v) is 11.1. The minimum atomic E-state index is -0.00527. The van der Waals surface area contributed by atoms with Gasteiger partial charge in [-0.05, 0) is 26.0 Å². The van der Waals surface area contributed by atoms with E-state index in [-0.39, 0.29) is 5.91 Å². The van der Waals surface area contributed by atoms with E-state index in [4.69, 9.17) is 10.5 Å². The number of amides is 1. The van der Waals surface area contributed by atoms with Gasteiger partial charge in [-0.1, -0.05) is 0 Å². The Morgan fingerprint density at radius 3 is 2.89 bits per heavy atom. The zero-order valence-electron chi connectivity index (χ0n) is 11.1. The molecule has 0 aliphatic carbocycles. The summed E-state index contributed by atoms with van der Waals surface area (Å²) in [6.07, 6.45) is 1.62. The molecule has 0 atom stereocenters. The first kappa shape index (κ1) is 14.6. The molecular formula is C13H21N3O2. The fourth-order valence-electron chi connectivity index (χ4n) is 1.63. The minimum Gasteiger partial charge on any atom is -0.380 e. The average Bonchev–Trinajstić information content (AvgIpc) is 2.43. The molecule has 0 unspecified atom stereocenters. The molecule has 0 spiro atoms. The van der Waals surface area contributed by atoms with E-state index in [0.29, 0.717) is 38.4 Å². The van der Waals surface area contributed by atoms with E-state index >= 15 is 0 Å². The molecule has 5 nitrogen and oxygen atoms in total. The van der Waals surface area contributed by atoms with Gasteiger partial charge in [0, 0.05) is 38.0 Å². The van der Waals surface area contributed by atoms with Crippen LogP contribution in [0.3, 0.4) is 0 Å². The topological polar surface area (TPSA) is 68.5 Å². The maximum absolute atomic E-state index is 12.2. The Balaban J connectivity index is 2.69. The van der Waals surface area contributed by atoms with Crippen LogP contribution in [0.5, 0.6) is 0 Å². The van der Waals surface area contributed by atoms with Crippen molar-refractivity contribution in [2.75, 3.05) is 26.3 Å². The number of nitrogens with two attached hydrogens (primary N) is 1. The van der Waals surface area contributed by atoms with Crippen LogP contribution in [0.2, 0.25) is 0 Å². The molecule has 0 aliphatic heterocycles. The lowest BCUT2D eigenvalue weighted by molar-refractivity contribution is 0.0669. The highest BCUT2D eigenvalue weighted by atomic mass is 16.5. The van der Waals surface area contributed by atoms with Crippen molar-refractivity contribution in [3.63, 3.8) is 0 Å². The Kier molecular flexibility index (Phi) is 6.32. The SMILES string of the molecule is CCOCCN(CC)C(=O)c1ccnc(CN)c1. The third-order valence-corrected chi connectivity index (χ3v) is 2.65. The molecule has 0 radical (unpaired) electrons. The first-order valence-corrected chi connectivity index (χ1v) is 6.24. The van der Waals surface area contributed by atoms with Crippen LogP contribution < -0.4 is 5.73 Å². The highest BCUT2D eigenvalue weighted by Crippen LogP contribution is 2.06. The monoisotopic (exact) mass is 251 g/mol. The summed E-state index contributed by atoms with van der Waals surface area (Å²) in [6.45, 7) is 6.72. The Morgan fingerprint density at radius 1 is 1.50 bits per heavy atom. The molecule has 1 heterocycles. The second kappa shape index (κ2) is 7.79. The number of carbonyl (C=O) groups excluding carboxylic acids is 1.